The van der Waals surface area contributed by atoms with Crippen LogP contribution >= 0.6 is 0 Å². The Labute approximate surface area is 129 Å². The van der Waals surface area contributed by atoms with Crippen molar-refractivity contribution in [1.29, 1.82) is 0 Å². The highest BCUT2D eigenvalue weighted by Crippen LogP contribution is 2.51. The summed E-state index contributed by atoms with van der Waals surface area (Å²) in [5.41, 5.74) is 0. The van der Waals surface area contributed by atoms with Crippen LogP contribution in [0.15, 0.2) is 0 Å². The van der Waals surface area contributed by atoms with Crippen molar-refractivity contribution >= 4 is 0 Å². The fraction of sp³-hybridized carbons (Fsp3) is 1.00. The van der Waals surface area contributed by atoms with Crippen LogP contribution in [0, 0.1) is 11.8 Å². The van der Waals surface area contributed by atoms with Gasteiger partial charge < -0.3 is 28.4 Å². The fourth-order valence-corrected chi connectivity index (χ4v) is 5.03. The molecule has 0 aromatic heterocycles. The van der Waals surface area contributed by atoms with Crippen molar-refractivity contribution in [2.45, 2.75) is 61.7 Å². The molecule has 0 N–H and O–H groups in total. The number of hydrogen-bond donors (Lipinski definition) is 0. The van der Waals surface area contributed by atoms with Crippen LogP contribution in [0.25, 0.3) is 0 Å². The first kappa shape index (κ1) is 13.1. The SMILES string of the molecule is C(COCC1CC2OC1C1OC21)OCC1CC2OC1C1OC21. The predicted molar refractivity (Wildman–Crippen MR) is 72.5 cm³/mol. The van der Waals surface area contributed by atoms with E-state index < -0.39 is 0 Å². The van der Waals surface area contributed by atoms with E-state index in [2.05, 4.69) is 0 Å². The molecule has 6 aliphatic heterocycles. The van der Waals surface area contributed by atoms with Crippen LogP contribution in [0.4, 0.5) is 0 Å². The molecule has 6 fully saturated rings. The summed E-state index contributed by atoms with van der Waals surface area (Å²) < 4.78 is 34.5. The van der Waals surface area contributed by atoms with Gasteiger partial charge >= 0.3 is 0 Å². The van der Waals surface area contributed by atoms with Gasteiger partial charge in [-0.15, -0.1) is 0 Å². The van der Waals surface area contributed by atoms with E-state index in [4.69, 9.17) is 28.4 Å². The van der Waals surface area contributed by atoms with Gasteiger partial charge in [0, 0.05) is 11.8 Å². The monoisotopic (exact) mass is 310 g/mol. The second kappa shape index (κ2) is 4.65. The lowest BCUT2D eigenvalue weighted by molar-refractivity contribution is -0.0215. The number of rotatable bonds is 7. The Balaban J connectivity index is 0.884. The minimum absolute atomic E-state index is 0.286. The third-order valence-electron chi connectivity index (χ3n) is 6.20. The maximum absolute atomic E-state index is 5.87. The molecule has 0 amide bonds. The Hall–Kier alpha value is -0.240. The number of hydrogen-bond acceptors (Lipinski definition) is 6. The van der Waals surface area contributed by atoms with Gasteiger partial charge in [0.05, 0.1) is 50.8 Å². The average Bonchev–Trinajstić information content (AvgIpc) is 3.37. The van der Waals surface area contributed by atoms with Crippen LogP contribution in [-0.2, 0) is 28.4 Å². The molecule has 10 atom stereocenters. The molecule has 6 rings (SSSR count). The average molecular weight is 310 g/mol. The summed E-state index contributed by atoms with van der Waals surface area (Å²) in [5.74, 6) is 1.02. The van der Waals surface area contributed by atoms with Crippen LogP contribution in [0.2, 0.25) is 0 Å². The molecule has 122 valence electrons. The molecule has 6 nitrogen and oxygen atoms in total. The summed E-state index contributed by atoms with van der Waals surface area (Å²) in [6.07, 6.45) is 4.99. The smallest absolute Gasteiger partial charge is 0.113 e. The normalized spacial score (nSPS) is 58.9. The van der Waals surface area contributed by atoms with Crippen LogP contribution in [-0.4, -0.2) is 75.3 Å². The van der Waals surface area contributed by atoms with Crippen molar-refractivity contribution in [1.82, 2.24) is 0 Å². The van der Waals surface area contributed by atoms with Gasteiger partial charge in [0.1, 0.15) is 24.4 Å². The molecular formula is C16H22O6. The molecule has 0 aliphatic carbocycles. The van der Waals surface area contributed by atoms with Crippen LogP contribution in [0.3, 0.4) is 0 Å². The first-order valence-corrected chi connectivity index (χ1v) is 8.66. The van der Waals surface area contributed by atoms with Gasteiger partial charge in [-0.05, 0) is 12.8 Å². The van der Waals surface area contributed by atoms with Crippen molar-refractivity contribution in [2.75, 3.05) is 26.4 Å². The van der Waals surface area contributed by atoms with Gasteiger partial charge in [-0.25, -0.2) is 0 Å². The predicted octanol–water partition coefficient (Wildman–Crippen LogP) is 0.129. The summed E-state index contributed by atoms with van der Waals surface area (Å²) in [6.45, 7) is 2.86. The lowest BCUT2D eigenvalue weighted by Gasteiger charge is -2.18. The van der Waals surface area contributed by atoms with E-state index in [1.54, 1.807) is 0 Å². The highest BCUT2D eigenvalue weighted by molar-refractivity contribution is 5.12. The van der Waals surface area contributed by atoms with Crippen molar-refractivity contribution in [3.05, 3.63) is 0 Å². The van der Waals surface area contributed by atoms with Crippen molar-refractivity contribution in [3.63, 3.8) is 0 Å². The Kier molecular flexibility index (Phi) is 2.77. The summed E-state index contributed by atoms with van der Waals surface area (Å²) in [5, 5.41) is 0. The minimum atomic E-state index is 0.286. The molecule has 6 aliphatic rings. The van der Waals surface area contributed by atoms with Gasteiger partial charge in [-0.3, -0.25) is 0 Å². The van der Waals surface area contributed by atoms with Crippen molar-refractivity contribution in [2.24, 2.45) is 11.8 Å². The molecule has 0 spiro atoms. The third kappa shape index (κ3) is 1.88. The van der Waals surface area contributed by atoms with Crippen LogP contribution in [0.1, 0.15) is 12.8 Å². The van der Waals surface area contributed by atoms with Crippen LogP contribution < -0.4 is 0 Å². The highest BCUT2D eigenvalue weighted by atomic mass is 16.7. The van der Waals surface area contributed by atoms with E-state index in [9.17, 15) is 0 Å². The second-order valence-electron chi connectivity index (χ2n) is 7.55. The quantitative estimate of drug-likeness (QED) is 0.492. The van der Waals surface area contributed by atoms with E-state index in [1.807, 2.05) is 0 Å². The Bertz CT molecular complexity index is 430. The Morgan fingerprint density at radius 3 is 1.50 bits per heavy atom. The fourth-order valence-electron chi connectivity index (χ4n) is 5.03. The standard InChI is InChI=1S/C16H22O6/c1(17-5-7-3-9-13-15(21-13)11(7)19-9)2-18-6-8-4-10-14-16(22-14)12(8)20-10/h7-16H,1-6H2. The zero-order chi connectivity index (χ0) is 14.3. The minimum Gasteiger partial charge on any atom is -0.379 e. The molecule has 0 aromatic carbocycles. The van der Waals surface area contributed by atoms with Crippen molar-refractivity contribution in [3.8, 4) is 0 Å². The molecule has 6 saturated heterocycles. The summed E-state index contributed by atoms with van der Waals surface area (Å²) in [4.78, 5) is 0. The van der Waals surface area contributed by atoms with Gasteiger partial charge in [0.2, 0.25) is 0 Å². The van der Waals surface area contributed by atoms with E-state index in [0.29, 0.717) is 61.7 Å². The lowest BCUT2D eigenvalue weighted by Crippen LogP contribution is -2.29. The summed E-state index contributed by atoms with van der Waals surface area (Å²) in [7, 11) is 0. The van der Waals surface area contributed by atoms with Crippen molar-refractivity contribution < 1.29 is 28.4 Å². The van der Waals surface area contributed by atoms with Gasteiger partial charge in [0.15, 0.2) is 0 Å². The molecule has 22 heavy (non-hydrogen) atoms. The molecule has 0 aromatic rings. The number of epoxide rings is 2. The Morgan fingerprint density at radius 1 is 0.591 bits per heavy atom. The zero-order valence-electron chi connectivity index (χ0n) is 12.5. The molecular weight excluding hydrogens is 288 g/mol. The first-order valence-electron chi connectivity index (χ1n) is 8.66. The maximum atomic E-state index is 5.87. The molecule has 6 heteroatoms. The van der Waals surface area contributed by atoms with E-state index in [0.717, 1.165) is 26.1 Å². The lowest BCUT2D eigenvalue weighted by atomic mass is 9.90. The van der Waals surface area contributed by atoms with Gasteiger partial charge in [-0.1, -0.05) is 0 Å². The van der Waals surface area contributed by atoms with E-state index in [-0.39, 0.29) is 12.2 Å². The number of ether oxygens (including phenoxy) is 6. The summed E-state index contributed by atoms with van der Waals surface area (Å²) in [6, 6.07) is 0. The second-order valence-corrected chi connectivity index (χ2v) is 7.55. The molecule has 0 radical (unpaired) electrons. The molecule has 0 saturated carbocycles. The largest absolute Gasteiger partial charge is 0.379 e. The highest BCUT2D eigenvalue weighted by Gasteiger charge is 2.65. The first-order chi connectivity index (χ1) is 10.9. The third-order valence-corrected chi connectivity index (χ3v) is 6.20. The zero-order valence-corrected chi connectivity index (χ0v) is 12.5. The van der Waals surface area contributed by atoms with Gasteiger partial charge in [-0.2, -0.15) is 0 Å². The van der Waals surface area contributed by atoms with E-state index >= 15 is 0 Å². The topological polar surface area (TPSA) is 62.0 Å². The summed E-state index contributed by atoms with van der Waals surface area (Å²) >= 11 is 0. The number of fused-ring (bicyclic) bond motifs is 10. The molecule has 6 heterocycles. The maximum Gasteiger partial charge on any atom is 0.113 e. The molecule has 4 bridgehead atoms. The van der Waals surface area contributed by atoms with Crippen LogP contribution in [0.5, 0.6) is 0 Å². The molecule has 10 unspecified atom stereocenters. The van der Waals surface area contributed by atoms with Gasteiger partial charge in [0.25, 0.3) is 0 Å². The van der Waals surface area contributed by atoms with E-state index in [1.165, 1.54) is 0 Å². The Morgan fingerprint density at radius 2 is 1.09 bits per heavy atom.